The van der Waals surface area contributed by atoms with Crippen LogP contribution in [0.25, 0.3) is 5.69 Å². The maximum atomic E-state index is 14.8. The van der Waals surface area contributed by atoms with Crippen LogP contribution >= 0.6 is 22.9 Å². The van der Waals surface area contributed by atoms with E-state index in [2.05, 4.69) is 10.6 Å². The van der Waals surface area contributed by atoms with Gasteiger partial charge in [-0.2, -0.15) is 0 Å². The van der Waals surface area contributed by atoms with E-state index >= 15 is 0 Å². The summed E-state index contributed by atoms with van der Waals surface area (Å²) in [4.78, 5) is 40.1. The second-order valence-corrected chi connectivity index (χ2v) is 10.1. The number of nitrogens with zero attached hydrogens (tertiary/aromatic N) is 2. The second-order valence-electron chi connectivity index (χ2n) is 8.38. The van der Waals surface area contributed by atoms with Gasteiger partial charge in [0.1, 0.15) is 5.82 Å². The maximum absolute atomic E-state index is 14.8. The number of anilines is 1. The number of halogens is 2. The first-order valence-corrected chi connectivity index (χ1v) is 12.0. The average molecular weight is 503 g/mol. The van der Waals surface area contributed by atoms with Crippen LogP contribution in [-0.4, -0.2) is 46.0 Å². The van der Waals surface area contributed by atoms with Crippen molar-refractivity contribution in [2.75, 3.05) is 11.9 Å². The zero-order chi connectivity index (χ0) is 24.4. The Balaban J connectivity index is 1.46. The van der Waals surface area contributed by atoms with Crippen LogP contribution < -0.4 is 16.2 Å². The van der Waals surface area contributed by atoms with Crippen molar-refractivity contribution < 1.29 is 14.0 Å². The van der Waals surface area contributed by atoms with Gasteiger partial charge in [0.05, 0.1) is 26.6 Å². The molecule has 2 amide bonds. The molecule has 0 aliphatic carbocycles. The largest absolute Gasteiger partial charge is 0.347 e. The highest BCUT2D eigenvalue weighted by atomic mass is 35.5. The summed E-state index contributed by atoms with van der Waals surface area (Å²) < 4.78 is 16.6. The van der Waals surface area contributed by atoms with E-state index in [9.17, 15) is 18.8 Å². The van der Waals surface area contributed by atoms with Crippen molar-refractivity contribution in [3.63, 3.8) is 0 Å². The number of thiophene rings is 1. The summed E-state index contributed by atoms with van der Waals surface area (Å²) >= 11 is 7.12. The number of rotatable bonds is 6. The van der Waals surface area contributed by atoms with Crippen molar-refractivity contribution in [1.29, 1.82) is 0 Å². The molecular weight excluding hydrogens is 479 g/mol. The van der Waals surface area contributed by atoms with E-state index in [0.29, 0.717) is 27.9 Å². The zero-order valence-electron chi connectivity index (χ0n) is 18.6. The molecule has 34 heavy (non-hydrogen) atoms. The van der Waals surface area contributed by atoms with E-state index in [4.69, 9.17) is 11.6 Å². The number of carbonyl (C=O) groups excluding carboxylic acids is 2. The van der Waals surface area contributed by atoms with E-state index in [-0.39, 0.29) is 35.1 Å². The van der Waals surface area contributed by atoms with Gasteiger partial charge in [-0.3, -0.25) is 23.9 Å². The molecule has 3 aromatic rings. The van der Waals surface area contributed by atoms with E-state index in [0.717, 1.165) is 0 Å². The molecule has 2 N–H and O–H groups in total. The molecule has 7 nitrogen and oxygen atoms in total. The van der Waals surface area contributed by atoms with Gasteiger partial charge in [-0.05, 0) is 50.6 Å². The first-order valence-electron chi connectivity index (χ1n) is 10.8. The Hall–Kier alpha value is -3.01. The highest BCUT2D eigenvalue weighted by Crippen LogP contribution is 2.26. The van der Waals surface area contributed by atoms with Crippen LogP contribution in [0.2, 0.25) is 4.34 Å². The Morgan fingerprint density at radius 1 is 1.18 bits per heavy atom. The Kier molecular flexibility index (Phi) is 7.16. The molecule has 3 heterocycles. The van der Waals surface area contributed by atoms with Gasteiger partial charge in [-0.15, -0.1) is 11.3 Å². The molecule has 1 saturated heterocycles. The number of hydrogen-bond donors (Lipinski definition) is 2. The van der Waals surface area contributed by atoms with E-state index < -0.39 is 11.9 Å². The minimum absolute atomic E-state index is 0.0298. The number of aromatic nitrogens is 1. The molecule has 0 radical (unpaired) electrons. The van der Waals surface area contributed by atoms with E-state index in [1.807, 2.05) is 18.7 Å². The van der Waals surface area contributed by atoms with Crippen molar-refractivity contribution in [3.05, 3.63) is 80.1 Å². The minimum atomic E-state index is -0.643. The first-order chi connectivity index (χ1) is 16.2. The van der Waals surface area contributed by atoms with E-state index in [1.54, 1.807) is 36.5 Å². The van der Waals surface area contributed by atoms with Gasteiger partial charge in [-0.25, -0.2) is 4.39 Å². The van der Waals surface area contributed by atoms with Crippen LogP contribution in [0.4, 0.5) is 10.1 Å². The van der Waals surface area contributed by atoms with Gasteiger partial charge in [-0.1, -0.05) is 17.7 Å². The second kappa shape index (κ2) is 10.1. The fraction of sp³-hybridized carbons (Fsp3) is 0.292. The molecule has 0 saturated carbocycles. The van der Waals surface area contributed by atoms with E-state index in [1.165, 1.54) is 34.1 Å². The molecule has 1 fully saturated rings. The zero-order valence-corrected chi connectivity index (χ0v) is 20.2. The maximum Gasteiger partial charge on any atom is 0.261 e. The first kappa shape index (κ1) is 24.1. The highest BCUT2D eigenvalue weighted by Gasteiger charge is 2.39. The summed E-state index contributed by atoms with van der Waals surface area (Å²) in [5.41, 5.74) is 0.111. The van der Waals surface area contributed by atoms with Crippen LogP contribution in [0.15, 0.2) is 59.5 Å². The third kappa shape index (κ3) is 5.22. The number of amides is 2. The molecule has 4 rings (SSSR count). The SMILES string of the molecule is CC(C)N1C[C@@H](NC(=O)c2ccc(Cl)s2)C[C@H]1C(=O)Nc1ccc(-n2ccccc2=O)cc1F. The molecule has 0 bridgehead atoms. The van der Waals surface area contributed by atoms with Crippen molar-refractivity contribution in [1.82, 2.24) is 14.8 Å². The number of carbonyl (C=O) groups is 2. The van der Waals surface area contributed by atoms with Crippen LogP contribution in [0.5, 0.6) is 0 Å². The van der Waals surface area contributed by atoms with Gasteiger partial charge in [0.15, 0.2) is 0 Å². The third-order valence-electron chi connectivity index (χ3n) is 5.75. The molecule has 0 spiro atoms. The highest BCUT2D eigenvalue weighted by molar-refractivity contribution is 7.18. The van der Waals surface area contributed by atoms with Crippen molar-refractivity contribution in [2.45, 2.75) is 38.4 Å². The molecular formula is C24H24ClFN4O3S. The smallest absolute Gasteiger partial charge is 0.261 e. The normalized spacial score (nSPS) is 18.3. The fourth-order valence-corrected chi connectivity index (χ4v) is 5.05. The molecule has 2 aromatic heterocycles. The fourth-order valence-electron chi connectivity index (χ4n) is 4.10. The number of pyridine rings is 1. The summed E-state index contributed by atoms with van der Waals surface area (Å²) in [5, 5.41) is 5.64. The van der Waals surface area contributed by atoms with Crippen molar-refractivity contribution in [2.24, 2.45) is 0 Å². The number of nitrogens with one attached hydrogen (secondary N) is 2. The van der Waals surface area contributed by atoms with Crippen molar-refractivity contribution >= 4 is 40.4 Å². The third-order valence-corrected chi connectivity index (χ3v) is 6.98. The summed E-state index contributed by atoms with van der Waals surface area (Å²) in [6, 6.07) is 11.5. The predicted molar refractivity (Wildman–Crippen MR) is 131 cm³/mol. The molecule has 178 valence electrons. The predicted octanol–water partition coefficient (Wildman–Crippen LogP) is 3.91. The quantitative estimate of drug-likeness (QED) is 0.535. The van der Waals surface area contributed by atoms with Gasteiger partial charge >= 0.3 is 0 Å². The average Bonchev–Trinajstić information content (AvgIpc) is 3.42. The molecule has 10 heteroatoms. The minimum Gasteiger partial charge on any atom is -0.347 e. The lowest BCUT2D eigenvalue weighted by molar-refractivity contribution is -0.120. The number of likely N-dealkylation sites (tertiary alicyclic amines) is 1. The standard InChI is InChI=1S/C24H24ClFN4O3S/c1-14(2)30-13-15(27-24(33)20-8-9-21(25)34-20)11-19(30)23(32)28-18-7-6-16(12-17(18)26)29-10-4-3-5-22(29)31/h3-10,12,14-15,19H,11,13H2,1-2H3,(H,27,33)(H,28,32)/t15-,19-/m0/s1. The van der Waals surface area contributed by atoms with Crippen LogP contribution in [0.1, 0.15) is 29.9 Å². The molecule has 1 aliphatic heterocycles. The number of benzene rings is 1. The number of hydrogen-bond acceptors (Lipinski definition) is 5. The molecule has 0 unspecified atom stereocenters. The van der Waals surface area contributed by atoms with Gasteiger partial charge < -0.3 is 10.6 Å². The van der Waals surface area contributed by atoms with Crippen LogP contribution in [-0.2, 0) is 4.79 Å². The summed E-state index contributed by atoms with van der Waals surface area (Å²) in [6.07, 6.45) is 1.95. The summed E-state index contributed by atoms with van der Waals surface area (Å²) in [6.45, 7) is 4.44. The lowest BCUT2D eigenvalue weighted by atomic mass is 10.1. The van der Waals surface area contributed by atoms with Gasteiger partial charge in [0.2, 0.25) is 5.91 Å². The molecule has 1 aromatic carbocycles. The Morgan fingerprint density at radius 3 is 2.62 bits per heavy atom. The van der Waals surface area contributed by atoms with Crippen LogP contribution in [0, 0.1) is 5.82 Å². The summed E-state index contributed by atoms with van der Waals surface area (Å²) in [7, 11) is 0. The lowest BCUT2D eigenvalue weighted by Crippen LogP contribution is -2.43. The lowest BCUT2D eigenvalue weighted by Gasteiger charge is -2.27. The van der Waals surface area contributed by atoms with Crippen molar-refractivity contribution in [3.8, 4) is 5.69 Å². The summed E-state index contributed by atoms with van der Waals surface area (Å²) in [5.74, 6) is -1.23. The van der Waals surface area contributed by atoms with Crippen LogP contribution in [0.3, 0.4) is 0 Å². The van der Waals surface area contributed by atoms with Gasteiger partial charge in [0, 0.05) is 37.0 Å². The van der Waals surface area contributed by atoms with Gasteiger partial charge in [0.25, 0.3) is 11.5 Å². The Bertz CT molecular complexity index is 1270. The Labute approximate surface area is 205 Å². The topological polar surface area (TPSA) is 83.4 Å². The molecule has 2 atom stereocenters. The Morgan fingerprint density at radius 2 is 1.97 bits per heavy atom. The monoisotopic (exact) mass is 502 g/mol. The molecule has 1 aliphatic rings.